The van der Waals surface area contributed by atoms with Gasteiger partial charge in [-0.2, -0.15) is 5.26 Å². The highest BCUT2D eigenvalue weighted by Gasteiger charge is 2.22. The van der Waals surface area contributed by atoms with Gasteiger partial charge >= 0.3 is 0 Å². The van der Waals surface area contributed by atoms with Gasteiger partial charge in [0.2, 0.25) is 0 Å². The molecule has 0 aliphatic carbocycles. The fourth-order valence-corrected chi connectivity index (χ4v) is 3.02. The maximum absolute atomic E-state index is 12.3. The van der Waals surface area contributed by atoms with Gasteiger partial charge in [0, 0.05) is 5.56 Å². The molecule has 140 valence electrons. The largest absolute Gasteiger partial charge is 0.489 e. The molecule has 8 heteroatoms. The van der Waals surface area contributed by atoms with Crippen molar-refractivity contribution in [3.8, 4) is 22.9 Å². The maximum atomic E-state index is 12.3. The fraction of sp³-hybridized carbons (Fsp3) is 0.0500. The van der Waals surface area contributed by atoms with Gasteiger partial charge in [-0.3, -0.25) is 4.79 Å². The summed E-state index contributed by atoms with van der Waals surface area (Å²) in [5.41, 5.74) is 12.8. The van der Waals surface area contributed by atoms with Crippen LogP contribution in [0.3, 0.4) is 0 Å². The predicted molar refractivity (Wildman–Crippen MR) is 112 cm³/mol. The molecule has 0 spiro atoms. The molecule has 0 radical (unpaired) electrons. The summed E-state index contributed by atoms with van der Waals surface area (Å²) in [6.07, 6.45) is 0. The van der Waals surface area contributed by atoms with Crippen molar-refractivity contribution in [1.82, 2.24) is 4.68 Å². The lowest BCUT2D eigenvalue weighted by Crippen LogP contribution is -2.35. The van der Waals surface area contributed by atoms with Crippen LogP contribution in [0.2, 0.25) is 0 Å². The summed E-state index contributed by atoms with van der Waals surface area (Å²) in [6, 6.07) is 18.5. The van der Waals surface area contributed by atoms with Gasteiger partial charge in [-0.15, -0.1) is 0 Å². The summed E-state index contributed by atoms with van der Waals surface area (Å²) >= 11 is 5.06. The van der Waals surface area contributed by atoms with Gasteiger partial charge in [0.25, 0.3) is 5.56 Å². The molecule has 3 rings (SSSR count). The lowest BCUT2D eigenvalue weighted by atomic mass is 9.96. The van der Waals surface area contributed by atoms with Gasteiger partial charge in [-0.05, 0) is 23.3 Å². The molecule has 1 aromatic heterocycles. The molecule has 0 fully saturated rings. The smallest absolute Gasteiger partial charge is 0.289 e. The van der Waals surface area contributed by atoms with Crippen LogP contribution in [0.5, 0.6) is 5.75 Å². The zero-order valence-electron chi connectivity index (χ0n) is 14.8. The maximum Gasteiger partial charge on any atom is 0.289 e. The summed E-state index contributed by atoms with van der Waals surface area (Å²) in [5, 5.41) is 9.48. The molecule has 0 amide bonds. The van der Waals surface area contributed by atoms with E-state index in [9.17, 15) is 10.1 Å². The minimum absolute atomic E-state index is 0.0624. The van der Waals surface area contributed by atoms with E-state index in [-0.39, 0.29) is 27.5 Å². The number of pyridine rings is 1. The second-order valence-corrected chi connectivity index (χ2v) is 6.40. The van der Waals surface area contributed by atoms with Crippen LogP contribution in [-0.2, 0) is 6.61 Å². The van der Waals surface area contributed by atoms with Crippen molar-refractivity contribution in [1.29, 1.82) is 5.26 Å². The molecule has 0 aliphatic heterocycles. The van der Waals surface area contributed by atoms with E-state index in [0.717, 1.165) is 5.56 Å². The Balaban J connectivity index is 2.01. The van der Waals surface area contributed by atoms with Gasteiger partial charge in [-0.1, -0.05) is 54.7 Å². The number of thiocarbonyl (C=S) groups is 1. The van der Waals surface area contributed by atoms with Gasteiger partial charge < -0.3 is 22.0 Å². The monoisotopic (exact) mass is 391 g/mol. The number of hydrogen-bond donors (Lipinski definition) is 3. The van der Waals surface area contributed by atoms with Crippen molar-refractivity contribution in [2.24, 2.45) is 5.73 Å². The Morgan fingerprint density at radius 1 is 1.14 bits per heavy atom. The Kier molecular flexibility index (Phi) is 5.29. The summed E-state index contributed by atoms with van der Waals surface area (Å²) in [4.78, 5) is 12.3. The SMILES string of the molecule is N#Cc1c(-c2ccc(OCc3ccccc3)cc2)c(C(N)=S)c(N)n(N)c1=O. The van der Waals surface area contributed by atoms with Crippen LogP contribution in [-0.4, -0.2) is 9.66 Å². The van der Waals surface area contributed by atoms with Gasteiger partial charge in [0.05, 0.1) is 5.56 Å². The molecule has 1 heterocycles. The molecule has 7 nitrogen and oxygen atoms in total. The molecule has 0 aliphatic rings. The minimum Gasteiger partial charge on any atom is -0.489 e. The lowest BCUT2D eigenvalue weighted by molar-refractivity contribution is 0.306. The Bertz CT molecular complexity index is 1130. The van der Waals surface area contributed by atoms with E-state index in [1.807, 2.05) is 36.4 Å². The minimum atomic E-state index is -0.723. The van der Waals surface area contributed by atoms with Crippen LogP contribution >= 0.6 is 12.2 Å². The highest BCUT2D eigenvalue weighted by atomic mass is 32.1. The first-order valence-corrected chi connectivity index (χ1v) is 8.65. The molecule has 2 aromatic carbocycles. The van der Waals surface area contributed by atoms with E-state index in [1.54, 1.807) is 24.3 Å². The standard InChI is InChI=1S/C20H17N5O2S/c21-10-15-16(17(19(23)28)18(22)25(24)20(15)26)13-6-8-14(9-7-13)27-11-12-4-2-1-3-5-12/h1-9H,11,22,24H2,(H2,23,28). The molecular weight excluding hydrogens is 374 g/mol. The van der Waals surface area contributed by atoms with Gasteiger partial charge in [0.1, 0.15) is 34.8 Å². The molecule has 0 saturated heterocycles. The lowest BCUT2D eigenvalue weighted by Gasteiger charge is -2.16. The molecular formula is C20H17N5O2S. The number of nitriles is 1. The normalized spacial score (nSPS) is 10.2. The molecule has 0 bridgehead atoms. The number of rotatable bonds is 5. The predicted octanol–water partition coefficient (Wildman–Crippen LogP) is 1.90. The zero-order chi connectivity index (χ0) is 20.3. The van der Waals surface area contributed by atoms with E-state index < -0.39 is 5.56 Å². The van der Waals surface area contributed by atoms with Crippen molar-refractivity contribution >= 4 is 23.0 Å². The molecule has 28 heavy (non-hydrogen) atoms. The Labute approximate surface area is 166 Å². The Morgan fingerprint density at radius 3 is 2.36 bits per heavy atom. The van der Waals surface area contributed by atoms with Crippen LogP contribution in [0.4, 0.5) is 5.82 Å². The number of ether oxygens (including phenoxy) is 1. The Morgan fingerprint density at radius 2 is 1.79 bits per heavy atom. The first-order valence-electron chi connectivity index (χ1n) is 8.24. The second-order valence-electron chi connectivity index (χ2n) is 5.96. The average molecular weight is 391 g/mol. The molecule has 0 atom stereocenters. The number of nitrogens with two attached hydrogens (primary N) is 3. The number of nitrogen functional groups attached to an aromatic ring is 2. The first kappa shape index (κ1) is 18.9. The molecule has 0 unspecified atom stereocenters. The van der Waals surface area contributed by atoms with E-state index in [1.165, 1.54) is 0 Å². The molecule has 0 saturated carbocycles. The topological polar surface area (TPSA) is 133 Å². The van der Waals surface area contributed by atoms with Crippen molar-refractivity contribution in [3.63, 3.8) is 0 Å². The summed E-state index contributed by atoms with van der Waals surface area (Å²) < 4.78 is 6.43. The number of aromatic nitrogens is 1. The van der Waals surface area contributed by atoms with Crippen molar-refractivity contribution in [3.05, 3.63) is 81.6 Å². The third-order valence-electron chi connectivity index (χ3n) is 4.20. The highest BCUT2D eigenvalue weighted by molar-refractivity contribution is 7.80. The number of hydrogen-bond acceptors (Lipinski definition) is 6. The van der Waals surface area contributed by atoms with Crippen molar-refractivity contribution in [2.45, 2.75) is 6.61 Å². The second kappa shape index (κ2) is 7.82. The van der Waals surface area contributed by atoms with Crippen LogP contribution in [0.25, 0.3) is 11.1 Å². The van der Waals surface area contributed by atoms with Crippen LogP contribution in [0, 0.1) is 11.3 Å². The molecule has 6 N–H and O–H groups in total. The molecule has 3 aromatic rings. The third kappa shape index (κ3) is 3.51. The zero-order valence-corrected chi connectivity index (χ0v) is 15.6. The van der Waals surface area contributed by atoms with Crippen molar-refractivity contribution in [2.75, 3.05) is 11.6 Å². The summed E-state index contributed by atoms with van der Waals surface area (Å²) in [7, 11) is 0. The van der Waals surface area contributed by atoms with Crippen LogP contribution in [0.1, 0.15) is 16.7 Å². The Hall–Kier alpha value is -3.83. The average Bonchev–Trinajstić information content (AvgIpc) is 2.71. The summed E-state index contributed by atoms with van der Waals surface area (Å²) in [5.74, 6) is 6.18. The van der Waals surface area contributed by atoms with E-state index >= 15 is 0 Å². The number of benzene rings is 2. The quantitative estimate of drug-likeness (QED) is 0.447. The van der Waals surface area contributed by atoms with Crippen molar-refractivity contribution < 1.29 is 4.74 Å². The highest BCUT2D eigenvalue weighted by Crippen LogP contribution is 2.30. The van der Waals surface area contributed by atoms with Gasteiger partial charge in [-0.25, -0.2) is 4.68 Å². The van der Waals surface area contributed by atoms with E-state index in [2.05, 4.69) is 0 Å². The van der Waals surface area contributed by atoms with E-state index in [4.69, 9.17) is 34.3 Å². The summed E-state index contributed by atoms with van der Waals surface area (Å²) in [6.45, 7) is 0.415. The van der Waals surface area contributed by atoms with Crippen LogP contribution in [0.15, 0.2) is 59.4 Å². The number of nitrogens with zero attached hydrogens (tertiary/aromatic N) is 2. The van der Waals surface area contributed by atoms with Crippen LogP contribution < -0.4 is 27.6 Å². The first-order chi connectivity index (χ1) is 13.4. The fourth-order valence-electron chi connectivity index (χ4n) is 2.81. The van der Waals surface area contributed by atoms with Gasteiger partial charge in [0.15, 0.2) is 0 Å². The van der Waals surface area contributed by atoms with E-state index in [0.29, 0.717) is 22.6 Å². The number of anilines is 1. The third-order valence-corrected chi connectivity index (χ3v) is 4.40.